The van der Waals surface area contributed by atoms with Crippen LogP contribution in [0.3, 0.4) is 0 Å². The summed E-state index contributed by atoms with van der Waals surface area (Å²) < 4.78 is 5.24. The van der Waals surface area contributed by atoms with E-state index < -0.39 is 0 Å². The van der Waals surface area contributed by atoms with Crippen LogP contribution in [-0.4, -0.2) is 49.7 Å². The number of nitrogens with zero attached hydrogens (tertiary/aromatic N) is 1. The summed E-state index contributed by atoms with van der Waals surface area (Å²) in [5, 5.41) is 3.46. The van der Waals surface area contributed by atoms with Gasteiger partial charge in [-0.15, -0.1) is 0 Å². The van der Waals surface area contributed by atoms with Crippen LogP contribution < -0.4 is 5.32 Å². The molecule has 0 spiro atoms. The molecule has 1 N–H and O–H groups in total. The second kappa shape index (κ2) is 8.48. The highest BCUT2D eigenvalue weighted by Gasteiger charge is 2.23. The Hall–Kier alpha value is -0.610. The number of rotatable bonds is 7. The second-order valence-electron chi connectivity index (χ2n) is 5.36. The Morgan fingerprint density at radius 1 is 1.50 bits per heavy atom. The van der Waals surface area contributed by atoms with E-state index in [2.05, 4.69) is 19.2 Å². The molecule has 1 fully saturated rings. The number of nitrogens with one attached hydrogen (secondary N) is 1. The van der Waals surface area contributed by atoms with E-state index >= 15 is 0 Å². The minimum atomic E-state index is 0.248. The molecule has 4 nitrogen and oxygen atoms in total. The standard InChI is InChI=1S/C14H28N2O2/c1-4-18-9-7-14(17)16-8-5-6-13(11-16)10-15-12(2)3/h12-13,15H,4-11H2,1-3H3. The van der Waals surface area contributed by atoms with Gasteiger partial charge in [-0.05, 0) is 32.2 Å². The first-order valence-corrected chi connectivity index (χ1v) is 7.22. The lowest BCUT2D eigenvalue weighted by Gasteiger charge is -2.33. The Morgan fingerprint density at radius 3 is 2.94 bits per heavy atom. The summed E-state index contributed by atoms with van der Waals surface area (Å²) >= 11 is 0. The topological polar surface area (TPSA) is 41.6 Å². The van der Waals surface area contributed by atoms with Crippen LogP contribution in [0.25, 0.3) is 0 Å². The van der Waals surface area contributed by atoms with E-state index in [0.29, 0.717) is 31.6 Å². The van der Waals surface area contributed by atoms with Crippen molar-refractivity contribution in [1.29, 1.82) is 0 Å². The van der Waals surface area contributed by atoms with Crippen LogP contribution in [0.1, 0.15) is 40.0 Å². The van der Waals surface area contributed by atoms with Gasteiger partial charge in [0.05, 0.1) is 13.0 Å². The minimum absolute atomic E-state index is 0.248. The van der Waals surface area contributed by atoms with Gasteiger partial charge in [-0.2, -0.15) is 0 Å². The summed E-state index contributed by atoms with van der Waals surface area (Å²) in [7, 11) is 0. The summed E-state index contributed by atoms with van der Waals surface area (Å²) in [5.41, 5.74) is 0. The number of carbonyl (C=O) groups is 1. The van der Waals surface area contributed by atoms with Crippen molar-refractivity contribution >= 4 is 5.91 Å². The molecule has 1 atom stereocenters. The third kappa shape index (κ3) is 5.83. The maximum Gasteiger partial charge on any atom is 0.224 e. The maximum absolute atomic E-state index is 12.0. The molecular weight excluding hydrogens is 228 g/mol. The Labute approximate surface area is 111 Å². The monoisotopic (exact) mass is 256 g/mol. The zero-order valence-corrected chi connectivity index (χ0v) is 12.1. The van der Waals surface area contributed by atoms with Crippen LogP contribution >= 0.6 is 0 Å². The van der Waals surface area contributed by atoms with Crippen molar-refractivity contribution in [3.63, 3.8) is 0 Å². The summed E-state index contributed by atoms with van der Waals surface area (Å²) in [6.45, 7) is 10.4. The molecule has 1 heterocycles. The summed E-state index contributed by atoms with van der Waals surface area (Å²) in [6, 6.07) is 0.522. The number of piperidine rings is 1. The number of likely N-dealkylation sites (tertiary alicyclic amines) is 1. The fourth-order valence-corrected chi connectivity index (χ4v) is 2.32. The molecule has 1 amide bonds. The van der Waals surface area contributed by atoms with Crippen molar-refractivity contribution in [2.45, 2.75) is 46.1 Å². The normalized spacial score (nSPS) is 20.4. The highest BCUT2D eigenvalue weighted by atomic mass is 16.5. The van der Waals surface area contributed by atoms with Crippen LogP contribution in [0.15, 0.2) is 0 Å². The molecule has 4 heteroatoms. The van der Waals surface area contributed by atoms with Crippen molar-refractivity contribution in [2.24, 2.45) is 5.92 Å². The predicted octanol–water partition coefficient (Wildman–Crippen LogP) is 1.65. The molecule has 0 bridgehead atoms. The van der Waals surface area contributed by atoms with Gasteiger partial charge in [0.1, 0.15) is 0 Å². The molecular formula is C14H28N2O2. The molecule has 1 unspecified atom stereocenters. The quantitative estimate of drug-likeness (QED) is 0.704. The molecule has 106 valence electrons. The smallest absolute Gasteiger partial charge is 0.224 e. The molecule has 0 aromatic carbocycles. The van der Waals surface area contributed by atoms with Crippen LogP contribution in [0.5, 0.6) is 0 Å². The Bertz CT molecular complexity index is 244. The van der Waals surface area contributed by atoms with Gasteiger partial charge in [0.2, 0.25) is 5.91 Å². The van der Waals surface area contributed by atoms with Gasteiger partial charge in [-0.3, -0.25) is 4.79 Å². The highest BCUT2D eigenvalue weighted by Crippen LogP contribution is 2.16. The Kier molecular flexibility index (Phi) is 7.28. The van der Waals surface area contributed by atoms with Crippen LogP contribution in [0.2, 0.25) is 0 Å². The number of hydrogen-bond donors (Lipinski definition) is 1. The number of ether oxygens (including phenoxy) is 1. The minimum Gasteiger partial charge on any atom is -0.381 e. The molecule has 0 aromatic heterocycles. The van der Waals surface area contributed by atoms with E-state index in [-0.39, 0.29) is 5.91 Å². The van der Waals surface area contributed by atoms with Gasteiger partial charge in [-0.1, -0.05) is 13.8 Å². The van der Waals surface area contributed by atoms with Gasteiger partial charge < -0.3 is 15.0 Å². The van der Waals surface area contributed by atoms with E-state index in [4.69, 9.17) is 4.74 Å². The van der Waals surface area contributed by atoms with Crippen molar-refractivity contribution in [3.05, 3.63) is 0 Å². The molecule has 1 rings (SSSR count). The van der Waals surface area contributed by atoms with E-state index in [1.165, 1.54) is 6.42 Å². The lowest BCUT2D eigenvalue weighted by atomic mass is 9.97. The Balaban J connectivity index is 2.26. The highest BCUT2D eigenvalue weighted by molar-refractivity contribution is 5.76. The van der Waals surface area contributed by atoms with E-state index in [1.54, 1.807) is 0 Å². The van der Waals surface area contributed by atoms with Crippen molar-refractivity contribution in [1.82, 2.24) is 10.2 Å². The van der Waals surface area contributed by atoms with E-state index in [0.717, 1.165) is 26.1 Å². The van der Waals surface area contributed by atoms with Crippen LogP contribution in [0, 0.1) is 5.92 Å². The zero-order chi connectivity index (χ0) is 13.4. The first kappa shape index (κ1) is 15.4. The average Bonchev–Trinajstić information content (AvgIpc) is 2.37. The van der Waals surface area contributed by atoms with Crippen molar-refractivity contribution < 1.29 is 9.53 Å². The van der Waals surface area contributed by atoms with Crippen molar-refractivity contribution in [2.75, 3.05) is 32.8 Å². The first-order chi connectivity index (χ1) is 8.63. The third-order valence-corrected chi connectivity index (χ3v) is 3.35. The first-order valence-electron chi connectivity index (χ1n) is 7.22. The SMILES string of the molecule is CCOCCC(=O)N1CCCC(CNC(C)C)C1. The Morgan fingerprint density at radius 2 is 2.28 bits per heavy atom. The molecule has 1 saturated heterocycles. The zero-order valence-electron chi connectivity index (χ0n) is 12.1. The van der Waals surface area contributed by atoms with E-state index in [1.807, 2.05) is 11.8 Å². The predicted molar refractivity (Wildman–Crippen MR) is 73.6 cm³/mol. The fraction of sp³-hybridized carbons (Fsp3) is 0.929. The van der Waals surface area contributed by atoms with Gasteiger partial charge in [0.25, 0.3) is 0 Å². The van der Waals surface area contributed by atoms with Gasteiger partial charge in [-0.25, -0.2) is 0 Å². The lowest BCUT2D eigenvalue weighted by Crippen LogP contribution is -2.44. The summed E-state index contributed by atoms with van der Waals surface area (Å²) in [4.78, 5) is 14.0. The molecule has 0 radical (unpaired) electrons. The number of hydrogen-bond acceptors (Lipinski definition) is 3. The molecule has 1 aliphatic heterocycles. The third-order valence-electron chi connectivity index (χ3n) is 3.35. The molecule has 1 aliphatic rings. The number of amides is 1. The fourth-order valence-electron chi connectivity index (χ4n) is 2.32. The van der Waals surface area contributed by atoms with E-state index in [9.17, 15) is 4.79 Å². The van der Waals surface area contributed by atoms with Crippen LogP contribution in [0.4, 0.5) is 0 Å². The van der Waals surface area contributed by atoms with Gasteiger partial charge >= 0.3 is 0 Å². The maximum atomic E-state index is 12.0. The molecule has 0 aromatic rings. The molecule has 18 heavy (non-hydrogen) atoms. The number of carbonyl (C=O) groups excluding carboxylic acids is 1. The average molecular weight is 256 g/mol. The van der Waals surface area contributed by atoms with Crippen LogP contribution in [-0.2, 0) is 9.53 Å². The largest absolute Gasteiger partial charge is 0.381 e. The van der Waals surface area contributed by atoms with Gasteiger partial charge in [0, 0.05) is 25.7 Å². The lowest BCUT2D eigenvalue weighted by molar-refractivity contribution is -0.134. The van der Waals surface area contributed by atoms with Gasteiger partial charge in [0.15, 0.2) is 0 Å². The summed E-state index contributed by atoms with van der Waals surface area (Å²) in [6.07, 6.45) is 2.89. The van der Waals surface area contributed by atoms with Crippen molar-refractivity contribution in [3.8, 4) is 0 Å². The second-order valence-corrected chi connectivity index (χ2v) is 5.36. The molecule has 0 saturated carbocycles. The summed E-state index contributed by atoms with van der Waals surface area (Å²) in [5.74, 6) is 0.856. The molecule has 0 aliphatic carbocycles.